The monoisotopic (exact) mass is 294 g/mol. The predicted octanol–water partition coefficient (Wildman–Crippen LogP) is 3.38. The molecule has 0 aliphatic carbocycles. The van der Waals surface area contributed by atoms with Crippen LogP contribution in [0.2, 0.25) is 5.02 Å². The fraction of sp³-hybridized carbons (Fsp3) is 0.562. The summed E-state index contributed by atoms with van der Waals surface area (Å²) in [5, 5.41) is 0.710. The van der Waals surface area contributed by atoms with Crippen LogP contribution >= 0.6 is 11.6 Å². The summed E-state index contributed by atoms with van der Waals surface area (Å²) in [6.45, 7) is 6.78. The number of nitrogens with zero attached hydrogens (tertiary/aromatic N) is 1. The summed E-state index contributed by atoms with van der Waals surface area (Å²) in [4.78, 5) is 14.5. The summed E-state index contributed by atoms with van der Waals surface area (Å²) in [6, 6.07) is 7.40. The first-order chi connectivity index (χ1) is 9.30. The summed E-state index contributed by atoms with van der Waals surface area (Å²) < 4.78 is 0. The van der Waals surface area contributed by atoms with Gasteiger partial charge in [0.05, 0.1) is 12.1 Å². The number of carbonyl (C=O) groups excluding carboxylic acids is 1. The topological polar surface area (TPSA) is 46.3 Å². The Morgan fingerprint density at radius 3 is 2.75 bits per heavy atom. The second kappa shape index (κ2) is 5.74. The van der Waals surface area contributed by atoms with E-state index in [4.69, 9.17) is 17.3 Å². The van der Waals surface area contributed by atoms with Gasteiger partial charge in [0, 0.05) is 11.6 Å². The second-order valence-corrected chi connectivity index (χ2v) is 7.02. The molecular formula is C16H23ClN2O. The number of hydrogen-bond donors (Lipinski definition) is 1. The molecule has 1 amide bonds. The van der Waals surface area contributed by atoms with Crippen molar-refractivity contribution in [3.63, 3.8) is 0 Å². The highest BCUT2D eigenvalue weighted by molar-refractivity contribution is 6.30. The lowest BCUT2D eigenvalue weighted by atomic mass is 9.86. The van der Waals surface area contributed by atoms with Crippen molar-refractivity contribution in [2.45, 2.75) is 45.7 Å². The Morgan fingerprint density at radius 2 is 2.15 bits per heavy atom. The van der Waals surface area contributed by atoms with Crippen LogP contribution in [0.1, 0.15) is 45.2 Å². The molecule has 20 heavy (non-hydrogen) atoms. The van der Waals surface area contributed by atoms with Crippen molar-refractivity contribution in [2.24, 2.45) is 11.1 Å². The highest BCUT2D eigenvalue weighted by atomic mass is 35.5. The van der Waals surface area contributed by atoms with Crippen molar-refractivity contribution in [3.8, 4) is 0 Å². The molecule has 1 aliphatic rings. The molecule has 1 unspecified atom stereocenters. The molecule has 1 heterocycles. The Balaban J connectivity index is 2.21. The number of halogens is 1. The van der Waals surface area contributed by atoms with E-state index in [-0.39, 0.29) is 17.4 Å². The van der Waals surface area contributed by atoms with E-state index in [2.05, 4.69) is 0 Å². The molecule has 1 saturated heterocycles. The highest BCUT2D eigenvalue weighted by Crippen LogP contribution is 2.34. The molecule has 1 aromatic rings. The van der Waals surface area contributed by atoms with Gasteiger partial charge in [-0.05, 0) is 36.0 Å². The van der Waals surface area contributed by atoms with Crippen LogP contribution in [-0.4, -0.2) is 23.4 Å². The minimum Gasteiger partial charge on any atom is -0.334 e. The number of amides is 1. The molecule has 0 saturated carbocycles. The molecule has 2 rings (SSSR count). The molecule has 1 aromatic carbocycles. The van der Waals surface area contributed by atoms with Crippen LogP contribution in [0, 0.1) is 5.41 Å². The van der Waals surface area contributed by atoms with E-state index in [0.717, 1.165) is 24.9 Å². The lowest BCUT2D eigenvalue weighted by molar-refractivity contribution is -0.135. The summed E-state index contributed by atoms with van der Waals surface area (Å²) in [6.07, 6.45) is 1.99. The Kier molecular flexibility index (Phi) is 4.40. The van der Waals surface area contributed by atoms with E-state index in [1.54, 1.807) is 0 Å². The summed E-state index contributed by atoms with van der Waals surface area (Å²) in [5.41, 5.74) is 7.00. The molecule has 1 aliphatic heterocycles. The number of likely N-dealkylation sites (tertiary alicyclic amines) is 1. The fourth-order valence-corrected chi connectivity index (χ4v) is 2.84. The predicted molar refractivity (Wildman–Crippen MR) is 82.6 cm³/mol. The standard InChI is InChI=1S/C16H23ClN2O/c1-16(2,3)14(18)15(20)19-9-5-8-13(19)11-6-4-7-12(17)10-11/h4,6-7,10,13-14H,5,8-9,18H2,1-3H3/t13?,14-/m1/s1. The third kappa shape index (κ3) is 3.15. The fourth-order valence-electron chi connectivity index (χ4n) is 2.64. The van der Waals surface area contributed by atoms with Crippen LogP contribution in [0.5, 0.6) is 0 Å². The third-order valence-corrected chi connectivity index (χ3v) is 4.20. The maximum absolute atomic E-state index is 12.6. The zero-order valence-corrected chi connectivity index (χ0v) is 13.2. The molecule has 2 N–H and O–H groups in total. The van der Waals surface area contributed by atoms with Crippen molar-refractivity contribution in [2.75, 3.05) is 6.54 Å². The number of benzene rings is 1. The smallest absolute Gasteiger partial charge is 0.240 e. The van der Waals surface area contributed by atoms with E-state index in [9.17, 15) is 4.79 Å². The van der Waals surface area contributed by atoms with Crippen LogP contribution in [0.15, 0.2) is 24.3 Å². The first kappa shape index (κ1) is 15.3. The summed E-state index contributed by atoms with van der Waals surface area (Å²) >= 11 is 6.06. The van der Waals surface area contributed by atoms with Crippen LogP contribution < -0.4 is 5.73 Å². The minimum atomic E-state index is -0.470. The summed E-state index contributed by atoms with van der Waals surface area (Å²) in [5.74, 6) is 0.0416. The van der Waals surface area contributed by atoms with Crippen molar-refractivity contribution in [3.05, 3.63) is 34.9 Å². The van der Waals surface area contributed by atoms with Gasteiger partial charge in [0.2, 0.25) is 5.91 Å². The number of hydrogen-bond acceptors (Lipinski definition) is 2. The van der Waals surface area contributed by atoms with Gasteiger partial charge in [-0.25, -0.2) is 0 Å². The van der Waals surface area contributed by atoms with Crippen LogP contribution in [-0.2, 0) is 4.79 Å². The van der Waals surface area contributed by atoms with Crippen molar-refractivity contribution >= 4 is 17.5 Å². The maximum Gasteiger partial charge on any atom is 0.240 e. The minimum absolute atomic E-state index is 0.0416. The molecule has 4 heteroatoms. The van der Waals surface area contributed by atoms with Gasteiger partial charge in [0.25, 0.3) is 0 Å². The van der Waals surface area contributed by atoms with E-state index in [1.807, 2.05) is 49.9 Å². The van der Waals surface area contributed by atoms with Crippen LogP contribution in [0.3, 0.4) is 0 Å². The molecule has 0 bridgehead atoms. The molecule has 2 atom stereocenters. The molecule has 3 nitrogen and oxygen atoms in total. The lowest BCUT2D eigenvalue weighted by Crippen LogP contribution is -2.50. The lowest BCUT2D eigenvalue weighted by Gasteiger charge is -2.33. The normalized spacial score (nSPS) is 21.1. The highest BCUT2D eigenvalue weighted by Gasteiger charge is 2.36. The van der Waals surface area contributed by atoms with Gasteiger partial charge in [-0.15, -0.1) is 0 Å². The first-order valence-corrected chi connectivity index (χ1v) is 7.50. The molecule has 1 fully saturated rings. The molecular weight excluding hydrogens is 272 g/mol. The van der Waals surface area contributed by atoms with Crippen LogP contribution in [0.4, 0.5) is 0 Å². The number of carbonyl (C=O) groups is 1. The Morgan fingerprint density at radius 1 is 1.45 bits per heavy atom. The number of rotatable bonds is 2. The van der Waals surface area contributed by atoms with Gasteiger partial charge >= 0.3 is 0 Å². The van der Waals surface area contributed by atoms with Gasteiger partial charge in [0.15, 0.2) is 0 Å². The second-order valence-electron chi connectivity index (χ2n) is 6.59. The zero-order chi connectivity index (χ0) is 14.9. The van der Waals surface area contributed by atoms with Crippen molar-refractivity contribution < 1.29 is 4.79 Å². The van der Waals surface area contributed by atoms with Gasteiger partial charge in [-0.3, -0.25) is 4.79 Å². The quantitative estimate of drug-likeness (QED) is 0.909. The van der Waals surface area contributed by atoms with Crippen LogP contribution in [0.25, 0.3) is 0 Å². The van der Waals surface area contributed by atoms with E-state index >= 15 is 0 Å². The zero-order valence-electron chi connectivity index (χ0n) is 12.4. The van der Waals surface area contributed by atoms with Crippen molar-refractivity contribution in [1.29, 1.82) is 0 Å². The summed E-state index contributed by atoms with van der Waals surface area (Å²) in [7, 11) is 0. The molecule has 0 radical (unpaired) electrons. The Labute approximate surface area is 126 Å². The van der Waals surface area contributed by atoms with E-state index in [0.29, 0.717) is 5.02 Å². The average Bonchev–Trinajstić information content (AvgIpc) is 2.85. The van der Waals surface area contributed by atoms with E-state index in [1.165, 1.54) is 0 Å². The van der Waals surface area contributed by atoms with Gasteiger partial charge in [-0.2, -0.15) is 0 Å². The third-order valence-electron chi connectivity index (χ3n) is 3.97. The molecule has 0 spiro atoms. The van der Waals surface area contributed by atoms with Crippen molar-refractivity contribution in [1.82, 2.24) is 4.90 Å². The van der Waals surface area contributed by atoms with Gasteiger partial charge in [0.1, 0.15) is 0 Å². The van der Waals surface area contributed by atoms with Gasteiger partial charge < -0.3 is 10.6 Å². The SMILES string of the molecule is CC(C)(C)[C@H](N)C(=O)N1CCCC1c1cccc(Cl)c1. The first-order valence-electron chi connectivity index (χ1n) is 7.12. The van der Waals surface area contributed by atoms with E-state index < -0.39 is 6.04 Å². The average molecular weight is 295 g/mol. The Hall–Kier alpha value is -1.06. The number of nitrogens with two attached hydrogens (primary N) is 1. The maximum atomic E-state index is 12.6. The Bertz CT molecular complexity index is 495. The largest absolute Gasteiger partial charge is 0.334 e. The molecule has 110 valence electrons. The molecule has 0 aromatic heterocycles. The van der Waals surface area contributed by atoms with Gasteiger partial charge in [-0.1, -0.05) is 44.5 Å².